The van der Waals surface area contributed by atoms with Crippen LogP contribution in [0.1, 0.15) is 40.2 Å². The van der Waals surface area contributed by atoms with E-state index in [0.29, 0.717) is 11.3 Å². The number of pyridine rings is 1. The summed E-state index contributed by atoms with van der Waals surface area (Å²) in [5, 5.41) is 0.00771. The van der Waals surface area contributed by atoms with Gasteiger partial charge in [-0.1, -0.05) is 17.8 Å². The summed E-state index contributed by atoms with van der Waals surface area (Å²) in [4.78, 5) is 14.9. The van der Waals surface area contributed by atoms with Gasteiger partial charge in [-0.05, 0) is 44.8 Å². The summed E-state index contributed by atoms with van der Waals surface area (Å²) < 4.78 is 25.4. The zero-order chi connectivity index (χ0) is 17.3. The number of halogens is 1. The predicted molar refractivity (Wildman–Crippen MR) is 91.4 cm³/mol. The molecule has 0 spiro atoms. The summed E-state index contributed by atoms with van der Waals surface area (Å²) in [6.07, 6.45) is 3.20. The number of carbonyl (C=O) groups excluding carboxylic acids is 1. The average molecular weight is 337 g/mol. The van der Waals surface area contributed by atoms with Gasteiger partial charge in [-0.25, -0.2) is 4.98 Å². The molecule has 1 aromatic heterocycles. The fourth-order valence-electron chi connectivity index (χ4n) is 2.08. The second kappa shape index (κ2) is 6.75. The molecule has 1 aliphatic heterocycles. The van der Waals surface area contributed by atoms with Gasteiger partial charge in [0.2, 0.25) is 5.95 Å². The standard InChI is InChI=1S/C16H21BFNO3S/c1-11(20)23-10-13(8-12-6-7-19-14(18)9-12)17-21-15(2,3)16(4,5)22-17/h6-9H,10H2,1-5H3. The fraction of sp³-hybridized carbons (Fsp3) is 0.500. The van der Waals surface area contributed by atoms with Gasteiger partial charge in [0.05, 0.1) is 11.2 Å². The van der Waals surface area contributed by atoms with Crippen molar-refractivity contribution in [3.8, 4) is 0 Å². The van der Waals surface area contributed by atoms with Gasteiger partial charge in [-0.3, -0.25) is 4.79 Å². The Morgan fingerprint density at radius 2 is 1.96 bits per heavy atom. The number of hydrogen-bond acceptors (Lipinski definition) is 5. The zero-order valence-corrected chi connectivity index (χ0v) is 14.9. The molecule has 1 aromatic rings. The molecular formula is C16H21BFNO3S. The van der Waals surface area contributed by atoms with E-state index in [4.69, 9.17) is 9.31 Å². The van der Waals surface area contributed by atoms with Crippen LogP contribution >= 0.6 is 11.8 Å². The average Bonchev–Trinajstić information content (AvgIpc) is 2.63. The van der Waals surface area contributed by atoms with Gasteiger partial charge in [0, 0.05) is 24.9 Å². The van der Waals surface area contributed by atoms with E-state index in [1.54, 1.807) is 12.1 Å². The molecule has 7 heteroatoms. The Kier molecular flexibility index (Phi) is 5.33. The highest BCUT2D eigenvalue weighted by Gasteiger charge is 2.52. The molecule has 1 saturated heterocycles. The highest BCUT2D eigenvalue weighted by atomic mass is 32.2. The van der Waals surface area contributed by atoms with Gasteiger partial charge >= 0.3 is 7.12 Å². The Morgan fingerprint density at radius 3 is 2.48 bits per heavy atom. The minimum absolute atomic E-state index is 0.00771. The number of carbonyl (C=O) groups is 1. The monoisotopic (exact) mass is 337 g/mol. The summed E-state index contributed by atoms with van der Waals surface area (Å²) in [6.45, 7) is 9.38. The molecule has 2 rings (SSSR count). The molecular weight excluding hydrogens is 316 g/mol. The van der Waals surface area contributed by atoms with E-state index in [0.717, 1.165) is 5.47 Å². The molecule has 0 unspecified atom stereocenters. The summed E-state index contributed by atoms with van der Waals surface area (Å²) in [5.74, 6) is -0.123. The van der Waals surface area contributed by atoms with Gasteiger partial charge < -0.3 is 9.31 Å². The third-order valence-corrected chi connectivity index (χ3v) is 4.98. The summed E-state index contributed by atoms with van der Waals surface area (Å²) in [6, 6.07) is 3.04. The molecule has 0 saturated carbocycles. The Morgan fingerprint density at radius 1 is 1.35 bits per heavy atom. The molecule has 2 heterocycles. The maximum absolute atomic E-state index is 13.3. The highest BCUT2D eigenvalue weighted by molar-refractivity contribution is 8.13. The molecule has 4 nitrogen and oxygen atoms in total. The zero-order valence-electron chi connectivity index (χ0n) is 14.1. The molecule has 0 radical (unpaired) electrons. The maximum atomic E-state index is 13.3. The Balaban J connectivity index is 2.30. The van der Waals surface area contributed by atoms with Crippen molar-refractivity contribution in [3.63, 3.8) is 0 Å². The van der Waals surface area contributed by atoms with Crippen molar-refractivity contribution in [2.75, 3.05) is 5.75 Å². The third-order valence-electron chi connectivity index (χ3n) is 4.10. The van der Waals surface area contributed by atoms with Crippen LogP contribution in [-0.2, 0) is 14.1 Å². The summed E-state index contributed by atoms with van der Waals surface area (Å²) in [5.41, 5.74) is 0.503. The van der Waals surface area contributed by atoms with E-state index < -0.39 is 24.3 Å². The smallest absolute Gasteiger partial charge is 0.400 e. The molecule has 0 aliphatic carbocycles. The number of nitrogens with zero attached hydrogens (tertiary/aromatic N) is 1. The first-order valence-electron chi connectivity index (χ1n) is 7.42. The quantitative estimate of drug-likeness (QED) is 0.622. The van der Waals surface area contributed by atoms with Gasteiger partial charge in [-0.2, -0.15) is 4.39 Å². The van der Waals surface area contributed by atoms with Gasteiger partial charge in [-0.15, -0.1) is 0 Å². The summed E-state index contributed by atoms with van der Waals surface area (Å²) in [7, 11) is -0.567. The molecule has 0 aromatic carbocycles. The van der Waals surface area contributed by atoms with Crippen molar-refractivity contribution >= 4 is 30.1 Å². The SMILES string of the molecule is CC(=O)SCC(=Cc1ccnc(F)c1)B1OC(C)(C)C(C)(C)O1. The Bertz CT molecular complexity index is 618. The van der Waals surface area contributed by atoms with E-state index in [9.17, 15) is 9.18 Å². The largest absolute Gasteiger partial charge is 0.491 e. The van der Waals surface area contributed by atoms with E-state index >= 15 is 0 Å². The van der Waals surface area contributed by atoms with Crippen LogP contribution in [0.3, 0.4) is 0 Å². The first kappa shape index (κ1) is 18.2. The highest BCUT2D eigenvalue weighted by Crippen LogP contribution is 2.39. The molecule has 0 bridgehead atoms. The Labute approximate surface area is 141 Å². The number of hydrogen-bond donors (Lipinski definition) is 0. The lowest BCUT2D eigenvalue weighted by atomic mass is 9.78. The fourth-order valence-corrected chi connectivity index (χ4v) is 2.67. The van der Waals surface area contributed by atoms with Crippen LogP contribution in [0.2, 0.25) is 0 Å². The van der Waals surface area contributed by atoms with Crippen LogP contribution in [0.4, 0.5) is 4.39 Å². The van der Waals surface area contributed by atoms with Crippen LogP contribution in [0.5, 0.6) is 0 Å². The summed E-state index contributed by atoms with van der Waals surface area (Å²) >= 11 is 1.17. The molecule has 0 atom stereocenters. The molecule has 124 valence electrons. The van der Waals surface area contributed by atoms with Gasteiger partial charge in [0.1, 0.15) is 0 Å². The molecule has 1 aliphatic rings. The molecule has 23 heavy (non-hydrogen) atoms. The lowest BCUT2D eigenvalue weighted by Gasteiger charge is -2.32. The van der Waals surface area contributed by atoms with Crippen molar-refractivity contribution in [2.24, 2.45) is 0 Å². The van der Waals surface area contributed by atoms with Crippen molar-refractivity contribution < 1.29 is 18.5 Å². The lowest BCUT2D eigenvalue weighted by molar-refractivity contribution is -0.109. The van der Waals surface area contributed by atoms with Gasteiger partial charge in [0.25, 0.3) is 0 Å². The first-order chi connectivity index (χ1) is 10.6. The van der Waals surface area contributed by atoms with Crippen molar-refractivity contribution in [1.29, 1.82) is 0 Å². The second-order valence-electron chi connectivity index (χ2n) is 6.50. The lowest BCUT2D eigenvalue weighted by Crippen LogP contribution is -2.41. The van der Waals surface area contributed by atoms with Crippen molar-refractivity contribution in [3.05, 3.63) is 35.3 Å². The predicted octanol–water partition coefficient (Wildman–Crippen LogP) is 3.52. The Hall–Kier alpha value is -1.18. The van der Waals surface area contributed by atoms with Crippen LogP contribution in [0.15, 0.2) is 23.8 Å². The number of rotatable bonds is 4. The van der Waals surface area contributed by atoms with Crippen LogP contribution < -0.4 is 0 Å². The van der Waals surface area contributed by atoms with E-state index in [2.05, 4.69) is 4.98 Å². The van der Waals surface area contributed by atoms with E-state index in [-0.39, 0.29) is 5.12 Å². The third kappa shape index (κ3) is 4.43. The van der Waals surface area contributed by atoms with Crippen molar-refractivity contribution in [2.45, 2.75) is 45.8 Å². The number of aromatic nitrogens is 1. The van der Waals surface area contributed by atoms with Crippen LogP contribution in [0.25, 0.3) is 6.08 Å². The molecule has 1 fully saturated rings. The minimum Gasteiger partial charge on any atom is -0.400 e. The van der Waals surface area contributed by atoms with Crippen LogP contribution in [-0.4, -0.2) is 34.2 Å². The number of thioether (sulfide) groups is 1. The van der Waals surface area contributed by atoms with Crippen molar-refractivity contribution in [1.82, 2.24) is 4.98 Å². The first-order valence-corrected chi connectivity index (χ1v) is 8.40. The van der Waals surface area contributed by atoms with Gasteiger partial charge in [0.15, 0.2) is 5.12 Å². The van der Waals surface area contributed by atoms with Crippen LogP contribution in [0, 0.1) is 5.95 Å². The molecule has 0 N–H and O–H groups in total. The van der Waals surface area contributed by atoms with E-state index in [1.807, 2.05) is 27.7 Å². The topological polar surface area (TPSA) is 48.4 Å². The van der Waals surface area contributed by atoms with E-state index in [1.165, 1.54) is 30.9 Å². The normalized spacial score (nSPS) is 19.9. The maximum Gasteiger partial charge on any atom is 0.491 e. The second-order valence-corrected chi connectivity index (χ2v) is 7.65. The minimum atomic E-state index is -0.567. The molecule has 0 amide bonds.